The topological polar surface area (TPSA) is 78.4 Å². The molecular weight excluding hydrogens is 228 g/mol. The summed E-state index contributed by atoms with van der Waals surface area (Å²) in [6.45, 7) is 0. The Morgan fingerprint density at radius 2 is 2.06 bits per heavy atom. The van der Waals surface area contributed by atoms with E-state index in [1.54, 1.807) is 11.8 Å². The van der Waals surface area contributed by atoms with E-state index in [4.69, 9.17) is 0 Å². The maximum Gasteiger partial charge on any atom is 0.329 e. The first kappa shape index (κ1) is 11.7. The second-order valence-electron chi connectivity index (χ2n) is 4.36. The fraction of sp³-hybridized carbons (Fsp3) is 0.800. The monoisotopic (exact) mass is 244 g/mol. The highest BCUT2D eigenvalue weighted by molar-refractivity contribution is 7.99. The fourth-order valence-electron chi connectivity index (χ4n) is 2.26. The molecule has 1 saturated heterocycles. The van der Waals surface area contributed by atoms with Crippen LogP contribution in [0.1, 0.15) is 25.7 Å². The second-order valence-corrected chi connectivity index (χ2v) is 5.39. The fourth-order valence-corrected chi connectivity index (χ4v) is 3.20. The number of aliphatic carboxylic acids is 1. The number of rotatable bonds is 3. The first-order chi connectivity index (χ1) is 7.64. The standard InChI is InChI=1S/C10H16N2O3S/c13-8(7-5-16-6-11-7)12-10(9(14)15)3-1-2-4-10/h7,11H,1-6H2,(H,12,13)(H,14,15). The van der Waals surface area contributed by atoms with Gasteiger partial charge in [-0.3, -0.25) is 10.1 Å². The van der Waals surface area contributed by atoms with Crippen LogP contribution in [0.3, 0.4) is 0 Å². The molecule has 1 amide bonds. The first-order valence-corrected chi connectivity index (χ1v) is 6.66. The number of carboxylic acids is 1. The maximum absolute atomic E-state index is 11.9. The molecule has 1 saturated carbocycles. The second kappa shape index (κ2) is 4.63. The van der Waals surface area contributed by atoms with Gasteiger partial charge in [0.25, 0.3) is 0 Å². The molecule has 1 atom stereocenters. The van der Waals surface area contributed by atoms with Gasteiger partial charge in [-0.2, -0.15) is 0 Å². The third-order valence-electron chi connectivity index (χ3n) is 3.26. The van der Waals surface area contributed by atoms with Gasteiger partial charge >= 0.3 is 5.97 Å². The molecule has 0 radical (unpaired) electrons. The molecule has 1 unspecified atom stereocenters. The van der Waals surface area contributed by atoms with Crippen LogP contribution in [0.2, 0.25) is 0 Å². The normalized spacial score (nSPS) is 27.9. The van der Waals surface area contributed by atoms with Crippen LogP contribution in [-0.2, 0) is 9.59 Å². The van der Waals surface area contributed by atoms with E-state index in [0.29, 0.717) is 12.8 Å². The molecule has 1 aliphatic carbocycles. The van der Waals surface area contributed by atoms with Gasteiger partial charge in [0, 0.05) is 11.6 Å². The quantitative estimate of drug-likeness (QED) is 0.659. The van der Waals surface area contributed by atoms with Gasteiger partial charge in [-0.25, -0.2) is 4.79 Å². The molecule has 0 bridgehead atoms. The summed E-state index contributed by atoms with van der Waals surface area (Å²) in [5, 5.41) is 15.0. The molecule has 5 nitrogen and oxygen atoms in total. The minimum Gasteiger partial charge on any atom is -0.480 e. The van der Waals surface area contributed by atoms with Crippen molar-refractivity contribution >= 4 is 23.6 Å². The maximum atomic E-state index is 11.9. The third kappa shape index (κ3) is 2.17. The summed E-state index contributed by atoms with van der Waals surface area (Å²) < 4.78 is 0. The molecule has 1 heterocycles. The molecule has 6 heteroatoms. The minimum atomic E-state index is -1.01. The van der Waals surface area contributed by atoms with Crippen molar-refractivity contribution in [1.29, 1.82) is 0 Å². The smallest absolute Gasteiger partial charge is 0.329 e. The van der Waals surface area contributed by atoms with Crippen LogP contribution in [0.25, 0.3) is 0 Å². The van der Waals surface area contributed by atoms with Crippen molar-refractivity contribution in [2.24, 2.45) is 0 Å². The van der Waals surface area contributed by atoms with E-state index in [0.717, 1.165) is 24.5 Å². The zero-order valence-electron chi connectivity index (χ0n) is 8.99. The summed E-state index contributed by atoms with van der Waals surface area (Å²) in [6, 6.07) is -0.234. The van der Waals surface area contributed by atoms with Crippen LogP contribution < -0.4 is 10.6 Å². The molecule has 2 fully saturated rings. The highest BCUT2D eigenvalue weighted by Crippen LogP contribution is 2.30. The van der Waals surface area contributed by atoms with Crippen molar-refractivity contribution in [3.63, 3.8) is 0 Å². The Bertz CT molecular complexity index is 296. The molecule has 0 aromatic rings. The predicted molar refractivity (Wildman–Crippen MR) is 61.2 cm³/mol. The lowest BCUT2D eigenvalue weighted by atomic mass is 9.97. The lowest BCUT2D eigenvalue weighted by Crippen LogP contribution is -2.57. The SMILES string of the molecule is O=C(NC1(C(=O)O)CCCC1)C1CSCN1. The number of hydrogen-bond acceptors (Lipinski definition) is 4. The molecule has 0 aromatic carbocycles. The molecule has 0 aromatic heterocycles. The Kier molecular flexibility index (Phi) is 3.39. The van der Waals surface area contributed by atoms with Crippen molar-refractivity contribution in [2.75, 3.05) is 11.6 Å². The lowest BCUT2D eigenvalue weighted by molar-refractivity contribution is -0.147. The van der Waals surface area contributed by atoms with E-state index in [2.05, 4.69) is 10.6 Å². The summed E-state index contributed by atoms with van der Waals surface area (Å²) in [6.07, 6.45) is 2.85. The number of amides is 1. The van der Waals surface area contributed by atoms with Gasteiger partial charge in [0.2, 0.25) is 5.91 Å². The Labute approximate surface area is 98.4 Å². The van der Waals surface area contributed by atoms with Gasteiger partial charge in [-0.05, 0) is 12.8 Å². The van der Waals surface area contributed by atoms with E-state index >= 15 is 0 Å². The van der Waals surface area contributed by atoms with Crippen molar-refractivity contribution < 1.29 is 14.7 Å². The van der Waals surface area contributed by atoms with Crippen LogP contribution in [0.15, 0.2) is 0 Å². The number of carbonyl (C=O) groups is 2. The van der Waals surface area contributed by atoms with Gasteiger partial charge in [0.05, 0.1) is 6.04 Å². The lowest BCUT2D eigenvalue weighted by Gasteiger charge is -2.26. The molecular formula is C10H16N2O3S. The number of nitrogens with one attached hydrogen (secondary N) is 2. The Hall–Kier alpha value is -0.750. The van der Waals surface area contributed by atoms with Crippen LogP contribution in [0.4, 0.5) is 0 Å². The average molecular weight is 244 g/mol. The third-order valence-corrected chi connectivity index (χ3v) is 4.20. The van der Waals surface area contributed by atoms with Crippen LogP contribution in [0.5, 0.6) is 0 Å². The zero-order chi connectivity index (χ0) is 11.6. The van der Waals surface area contributed by atoms with Gasteiger partial charge in [-0.1, -0.05) is 12.8 Å². The summed E-state index contributed by atoms with van der Waals surface area (Å²) in [4.78, 5) is 23.1. The van der Waals surface area contributed by atoms with Crippen LogP contribution in [0, 0.1) is 0 Å². The molecule has 2 rings (SSSR count). The number of carboxylic acid groups (broad SMARTS) is 1. The Balaban J connectivity index is 2.00. The van der Waals surface area contributed by atoms with E-state index < -0.39 is 11.5 Å². The van der Waals surface area contributed by atoms with Crippen molar-refractivity contribution in [2.45, 2.75) is 37.3 Å². The molecule has 16 heavy (non-hydrogen) atoms. The largest absolute Gasteiger partial charge is 0.480 e. The molecule has 0 spiro atoms. The summed E-state index contributed by atoms with van der Waals surface area (Å²) >= 11 is 1.66. The van der Waals surface area contributed by atoms with E-state index in [-0.39, 0.29) is 11.9 Å². The summed E-state index contributed by atoms with van der Waals surface area (Å²) in [5.74, 6) is 0.415. The molecule has 3 N–H and O–H groups in total. The number of thioether (sulfide) groups is 1. The van der Waals surface area contributed by atoms with Gasteiger partial charge in [0.1, 0.15) is 5.54 Å². The Morgan fingerprint density at radius 1 is 1.38 bits per heavy atom. The summed E-state index contributed by atoms with van der Waals surface area (Å²) in [7, 11) is 0. The average Bonchev–Trinajstić information content (AvgIpc) is 2.88. The van der Waals surface area contributed by atoms with E-state index in [9.17, 15) is 14.7 Å². The highest BCUT2D eigenvalue weighted by atomic mass is 32.2. The van der Waals surface area contributed by atoms with Crippen LogP contribution in [-0.4, -0.2) is 40.2 Å². The molecule has 2 aliphatic rings. The highest BCUT2D eigenvalue weighted by Gasteiger charge is 2.43. The van der Waals surface area contributed by atoms with Gasteiger partial charge in [0.15, 0.2) is 0 Å². The minimum absolute atomic E-state index is 0.172. The zero-order valence-corrected chi connectivity index (χ0v) is 9.81. The Morgan fingerprint density at radius 3 is 2.56 bits per heavy atom. The van der Waals surface area contributed by atoms with Gasteiger partial charge in [-0.15, -0.1) is 11.8 Å². The molecule has 1 aliphatic heterocycles. The summed E-state index contributed by atoms with van der Waals surface area (Å²) in [5.41, 5.74) is -1.01. The van der Waals surface area contributed by atoms with E-state index in [1.807, 2.05) is 0 Å². The predicted octanol–water partition coefficient (Wildman–Crippen LogP) is 0.162. The molecule has 90 valence electrons. The van der Waals surface area contributed by atoms with Crippen molar-refractivity contribution in [1.82, 2.24) is 10.6 Å². The van der Waals surface area contributed by atoms with Crippen molar-refractivity contribution in [3.8, 4) is 0 Å². The van der Waals surface area contributed by atoms with E-state index in [1.165, 1.54) is 0 Å². The number of carbonyl (C=O) groups excluding carboxylic acids is 1. The number of hydrogen-bond donors (Lipinski definition) is 3. The van der Waals surface area contributed by atoms with Gasteiger partial charge < -0.3 is 10.4 Å². The van der Waals surface area contributed by atoms with Crippen molar-refractivity contribution in [3.05, 3.63) is 0 Å². The van der Waals surface area contributed by atoms with Crippen LogP contribution >= 0.6 is 11.8 Å². The first-order valence-electron chi connectivity index (χ1n) is 5.51.